The van der Waals surface area contributed by atoms with Crippen LogP contribution in [0, 0.1) is 11.6 Å². The van der Waals surface area contributed by atoms with E-state index in [1.807, 2.05) is 0 Å². The molecule has 1 rings (SSSR count). The van der Waals surface area contributed by atoms with Crippen LogP contribution in [0.4, 0.5) is 8.78 Å². The van der Waals surface area contributed by atoms with Gasteiger partial charge in [-0.2, -0.15) is 0 Å². The van der Waals surface area contributed by atoms with E-state index >= 15 is 0 Å². The van der Waals surface area contributed by atoms with Crippen LogP contribution in [0.1, 0.15) is 24.8 Å². The lowest BCUT2D eigenvalue weighted by Crippen LogP contribution is -2.21. The molecule has 0 atom stereocenters. The molecule has 0 bridgehead atoms. The molecule has 0 radical (unpaired) electrons. The number of hydrogen-bond acceptors (Lipinski definition) is 2. The van der Waals surface area contributed by atoms with Crippen molar-refractivity contribution in [1.82, 2.24) is 0 Å². The van der Waals surface area contributed by atoms with Crippen LogP contribution in [0.2, 0.25) is 0 Å². The predicted octanol–water partition coefficient (Wildman–Crippen LogP) is 1.98. The molecule has 17 heavy (non-hydrogen) atoms. The van der Waals surface area contributed by atoms with Gasteiger partial charge in [-0.3, -0.25) is 0 Å². The third kappa shape index (κ3) is 5.24. The Balaban J connectivity index is 2.33. The Morgan fingerprint density at radius 3 is 2.59 bits per heavy atom. The minimum Gasteiger partial charge on any atom is -0.550 e. The first-order valence-corrected chi connectivity index (χ1v) is 5.38. The SMILES string of the molecule is O=C([O-])CC/C=C/CCc1ccc(F)cc1F. The highest BCUT2D eigenvalue weighted by Gasteiger charge is 2.01. The molecule has 0 amide bonds. The van der Waals surface area contributed by atoms with Crippen LogP contribution >= 0.6 is 0 Å². The maximum absolute atomic E-state index is 13.2. The molecule has 0 unspecified atom stereocenters. The number of halogens is 2. The summed E-state index contributed by atoms with van der Waals surface area (Å²) >= 11 is 0. The van der Waals surface area contributed by atoms with Crippen molar-refractivity contribution in [2.24, 2.45) is 0 Å². The van der Waals surface area contributed by atoms with E-state index in [1.165, 1.54) is 12.1 Å². The number of carboxylic acids is 1. The summed E-state index contributed by atoms with van der Waals surface area (Å²) in [7, 11) is 0. The van der Waals surface area contributed by atoms with Gasteiger partial charge in [0.1, 0.15) is 11.6 Å². The topological polar surface area (TPSA) is 40.1 Å². The fourth-order valence-corrected chi connectivity index (χ4v) is 1.40. The number of carbonyl (C=O) groups excluding carboxylic acids is 1. The third-order valence-corrected chi connectivity index (χ3v) is 2.28. The van der Waals surface area contributed by atoms with Gasteiger partial charge in [-0.15, -0.1) is 0 Å². The quantitative estimate of drug-likeness (QED) is 0.712. The Hall–Kier alpha value is -1.71. The van der Waals surface area contributed by atoms with E-state index in [0.717, 1.165) is 6.07 Å². The van der Waals surface area contributed by atoms with Crippen molar-refractivity contribution in [3.05, 3.63) is 47.5 Å². The summed E-state index contributed by atoms with van der Waals surface area (Å²) in [6.45, 7) is 0. The van der Waals surface area contributed by atoms with Gasteiger partial charge in [0.2, 0.25) is 0 Å². The zero-order valence-corrected chi connectivity index (χ0v) is 9.29. The molecule has 0 saturated carbocycles. The number of rotatable bonds is 6. The Morgan fingerprint density at radius 2 is 1.94 bits per heavy atom. The van der Waals surface area contributed by atoms with Crippen LogP contribution in [0.25, 0.3) is 0 Å². The molecule has 4 heteroatoms. The van der Waals surface area contributed by atoms with Crippen LogP contribution in [0.3, 0.4) is 0 Å². The molecule has 0 saturated heterocycles. The first-order valence-electron chi connectivity index (χ1n) is 5.38. The highest BCUT2D eigenvalue weighted by Crippen LogP contribution is 2.11. The number of allylic oxidation sites excluding steroid dienone is 2. The van der Waals surface area contributed by atoms with E-state index in [-0.39, 0.29) is 6.42 Å². The summed E-state index contributed by atoms with van der Waals surface area (Å²) in [5.41, 5.74) is 0.455. The highest BCUT2D eigenvalue weighted by molar-refractivity contribution is 5.64. The van der Waals surface area contributed by atoms with Crippen LogP contribution < -0.4 is 5.11 Å². The van der Waals surface area contributed by atoms with E-state index in [0.29, 0.717) is 24.8 Å². The van der Waals surface area contributed by atoms with Gasteiger partial charge in [-0.1, -0.05) is 18.2 Å². The number of carbonyl (C=O) groups is 1. The Morgan fingerprint density at radius 1 is 1.24 bits per heavy atom. The second-order valence-corrected chi connectivity index (χ2v) is 3.66. The zero-order valence-electron chi connectivity index (χ0n) is 9.29. The third-order valence-electron chi connectivity index (χ3n) is 2.28. The average molecular weight is 239 g/mol. The molecule has 1 aromatic carbocycles. The molecule has 0 N–H and O–H groups in total. The minimum absolute atomic E-state index is 0.0125. The van der Waals surface area contributed by atoms with E-state index in [2.05, 4.69) is 0 Å². The van der Waals surface area contributed by atoms with Crippen LogP contribution in [-0.2, 0) is 11.2 Å². The van der Waals surface area contributed by atoms with E-state index in [1.54, 1.807) is 12.2 Å². The van der Waals surface area contributed by atoms with Gasteiger partial charge < -0.3 is 9.90 Å². The van der Waals surface area contributed by atoms with Crippen molar-refractivity contribution >= 4 is 5.97 Å². The Bertz CT molecular complexity index is 414. The molecule has 0 aromatic heterocycles. The van der Waals surface area contributed by atoms with Crippen molar-refractivity contribution in [1.29, 1.82) is 0 Å². The molecule has 2 nitrogen and oxygen atoms in total. The van der Waals surface area contributed by atoms with Crippen molar-refractivity contribution in [3.63, 3.8) is 0 Å². The summed E-state index contributed by atoms with van der Waals surface area (Å²) in [4.78, 5) is 10.1. The first-order chi connectivity index (χ1) is 8.09. The lowest BCUT2D eigenvalue weighted by Gasteiger charge is -2.00. The normalized spacial score (nSPS) is 10.9. The largest absolute Gasteiger partial charge is 0.550 e. The van der Waals surface area contributed by atoms with Gasteiger partial charge in [-0.25, -0.2) is 8.78 Å². The molecule has 0 fully saturated rings. The zero-order chi connectivity index (χ0) is 12.7. The maximum atomic E-state index is 13.2. The second-order valence-electron chi connectivity index (χ2n) is 3.66. The van der Waals surface area contributed by atoms with Crippen LogP contribution in [0.5, 0.6) is 0 Å². The van der Waals surface area contributed by atoms with Gasteiger partial charge >= 0.3 is 0 Å². The van der Waals surface area contributed by atoms with Gasteiger partial charge in [0.15, 0.2) is 0 Å². The van der Waals surface area contributed by atoms with Gasteiger partial charge in [0.25, 0.3) is 0 Å². The standard InChI is InChI=1S/C13H14F2O2/c14-11-8-7-10(12(15)9-11)5-3-1-2-4-6-13(16)17/h1-2,7-9H,3-6H2,(H,16,17)/p-1/b2-1+. The van der Waals surface area contributed by atoms with Gasteiger partial charge in [0, 0.05) is 12.0 Å². The smallest absolute Gasteiger partial charge is 0.129 e. The van der Waals surface area contributed by atoms with Crippen LogP contribution in [0.15, 0.2) is 30.4 Å². The van der Waals surface area contributed by atoms with Crippen molar-refractivity contribution in [2.45, 2.75) is 25.7 Å². The molecular weight excluding hydrogens is 226 g/mol. The summed E-state index contributed by atoms with van der Waals surface area (Å²) in [5.74, 6) is -2.22. The number of aliphatic carboxylic acids is 1. The Kier molecular flexibility index (Phi) is 5.33. The summed E-state index contributed by atoms with van der Waals surface area (Å²) in [6, 6.07) is 3.49. The molecule has 0 aliphatic rings. The van der Waals surface area contributed by atoms with Crippen molar-refractivity contribution in [2.75, 3.05) is 0 Å². The fourth-order valence-electron chi connectivity index (χ4n) is 1.40. The van der Waals surface area contributed by atoms with Crippen molar-refractivity contribution in [3.8, 4) is 0 Å². The first kappa shape index (κ1) is 13.4. The van der Waals surface area contributed by atoms with Crippen LogP contribution in [-0.4, -0.2) is 5.97 Å². The monoisotopic (exact) mass is 239 g/mol. The number of benzene rings is 1. The summed E-state index contributed by atoms with van der Waals surface area (Å²) in [6.07, 6.45) is 4.96. The molecule has 0 spiro atoms. The lowest BCUT2D eigenvalue weighted by molar-refractivity contribution is -0.305. The molecule has 0 aliphatic carbocycles. The van der Waals surface area contributed by atoms with Gasteiger partial charge in [0.05, 0.1) is 0 Å². The average Bonchev–Trinajstić information content (AvgIpc) is 2.25. The summed E-state index contributed by atoms with van der Waals surface area (Å²) < 4.78 is 25.8. The highest BCUT2D eigenvalue weighted by atomic mass is 19.1. The number of aryl methyl sites for hydroxylation is 1. The number of carboxylic acid groups (broad SMARTS) is 1. The minimum atomic E-state index is -1.08. The van der Waals surface area contributed by atoms with E-state index < -0.39 is 17.6 Å². The Labute approximate surface area is 98.6 Å². The molecular formula is C13H13F2O2-. The predicted molar refractivity (Wildman–Crippen MR) is 58.1 cm³/mol. The maximum Gasteiger partial charge on any atom is 0.129 e. The number of hydrogen-bond donors (Lipinski definition) is 0. The molecule has 0 heterocycles. The second kappa shape index (κ2) is 6.78. The molecule has 92 valence electrons. The fraction of sp³-hybridized carbons (Fsp3) is 0.308. The van der Waals surface area contributed by atoms with Gasteiger partial charge in [-0.05, 0) is 37.3 Å². The van der Waals surface area contributed by atoms with Crippen molar-refractivity contribution < 1.29 is 18.7 Å². The van der Waals surface area contributed by atoms with E-state index in [9.17, 15) is 18.7 Å². The molecule has 1 aromatic rings. The van der Waals surface area contributed by atoms with E-state index in [4.69, 9.17) is 0 Å². The molecule has 0 aliphatic heterocycles. The lowest BCUT2D eigenvalue weighted by atomic mass is 10.1. The summed E-state index contributed by atoms with van der Waals surface area (Å²) in [5, 5.41) is 10.1.